The molecule has 2 N–H and O–H groups in total. The Morgan fingerprint density at radius 2 is 1.84 bits per heavy atom. The van der Waals surface area contributed by atoms with Crippen molar-refractivity contribution in [2.75, 3.05) is 0 Å². The van der Waals surface area contributed by atoms with E-state index in [1.165, 1.54) is 12.1 Å². The SMILES string of the molecule is Cc1ccc(CNS(=O)(=O)c2ccc(CO)cc2)o1. The molecule has 1 aromatic heterocycles. The smallest absolute Gasteiger partial charge is 0.240 e. The van der Waals surface area contributed by atoms with Crippen molar-refractivity contribution in [1.29, 1.82) is 0 Å². The highest BCUT2D eigenvalue weighted by atomic mass is 32.2. The molecule has 102 valence electrons. The van der Waals surface area contributed by atoms with E-state index in [2.05, 4.69) is 4.72 Å². The van der Waals surface area contributed by atoms with Crippen molar-refractivity contribution in [3.63, 3.8) is 0 Å². The maximum Gasteiger partial charge on any atom is 0.240 e. The molecule has 0 aliphatic carbocycles. The molecule has 0 unspecified atom stereocenters. The lowest BCUT2D eigenvalue weighted by atomic mass is 10.2. The zero-order chi connectivity index (χ0) is 13.9. The number of hydrogen-bond donors (Lipinski definition) is 2. The molecule has 0 saturated heterocycles. The highest BCUT2D eigenvalue weighted by Crippen LogP contribution is 2.12. The number of aryl methyl sites for hydroxylation is 1. The van der Waals surface area contributed by atoms with Crippen LogP contribution >= 0.6 is 0 Å². The summed E-state index contributed by atoms with van der Waals surface area (Å²) in [5.74, 6) is 1.30. The summed E-state index contributed by atoms with van der Waals surface area (Å²) in [5, 5.41) is 8.91. The van der Waals surface area contributed by atoms with Gasteiger partial charge in [0.2, 0.25) is 10.0 Å². The van der Waals surface area contributed by atoms with Crippen LogP contribution in [0, 0.1) is 6.92 Å². The highest BCUT2D eigenvalue weighted by molar-refractivity contribution is 7.89. The Hall–Kier alpha value is -1.63. The van der Waals surface area contributed by atoms with Crippen LogP contribution < -0.4 is 4.72 Å². The normalized spacial score (nSPS) is 11.7. The first kappa shape index (κ1) is 13.8. The first-order valence-corrected chi connectivity index (χ1v) is 7.24. The third kappa shape index (κ3) is 3.44. The van der Waals surface area contributed by atoms with Crippen LogP contribution in [0.25, 0.3) is 0 Å². The average Bonchev–Trinajstić information content (AvgIpc) is 2.82. The maximum absolute atomic E-state index is 12.0. The first-order chi connectivity index (χ1) is 9.01. The topological polar surface area (TPSA) is 79.5 Å². The number of hydrogen-bond acceptors (Lipinski definition) is 4. The predicted octanol–water partition coefficient (Wildman–Crippen LogP) is 1.56. The molecule has 0 spiro atoms. The van der Waals surface area contributed by atoms with Crippen LogP contribution in [-0.4, -0.2) is 13.5 Å². The molecule has 6 heteroatoms. The molecule has 0 bridgehead atoms. The number of nitrogens with one attached hydrogen (secondary N) is 1. The van der Waals surface area contributed by atoms with Crippen molar-refractivity contribution in [2.45, 2.75) is 25.0 Å². The van der Waals surface area contributed by atoms with E-state index < -0.39 is 10.0 Å². The van der Waals surface area contributed by atoms with Crippen LogP contribution in [0.3, 0.4) is 0 Å². The molecule has 0 aliphatic rings. The maximum atomic E-state index is 12.0. The summed E-state index contributed by atoms with van der Waals surface area (Å²) >= 11 is 0. The van der Waals surface area contributed by atoms with Gasteiger partial charge < -0.3 is 9.52 Å². The van der Waals surface area contributed by atoms with Gasteiger partial charge in [-0.15, -0.1) is 0 Å². The number of rotatable bonds is 5. The van der Waals surface area contributed by atoms with Crippen molar-refractivity contribution in [2.24, 2.45) is 0 Å². The molecule has 0 fully saturated rings. The van der Waals surface area contributed by atoms with Gasteiger partial charge in [0.1, 0.15) is 11.5 Å². The van der Waals surface area contributed by atoms with Gasteiger partial charge in [0.25, 0.3) is 0 Å². The van der Waals surface area contributed by atoms with E-state index in [0.717, 1.165) is 5.76 Å². The Morgan fingerprint density at radius 1 is 1.16 bits per heavy atom. The molecule has 2 aromatic rings. The van der Waals surface area contributed by atoms with Crippen LogP contribution in [0.4, 0.5) is 0 Å². The number of aliphatic hydroxyl groups is 1. The molecule has 0 atom stereocenters. The Kier molecular flexibility index (Phi) is 4.04. The Bertz CT molecular complexity index is 644. The minimum absolute atomic E-state index is 0.109. The molecule has 1 aromatic carbocycles. The van der Waals surface area contributed by atoms with Crippen molar-refractivity contribution in [3.05, 3.63) is 53.5 Å². The fraction of sp³-hybridized carbons (Fsp3) is 0.231. The largest absolute Gasteiger partial charge is 0.465 e. The van der Waals surface area contributed by atoms with Gasteiger partial charge in [-0.2, -0.15) is 0 Å². The fourth-order valence-corrected chi connectivity index (χ4v) is 2.60. The average molecular weight is 281 g/mol. The number of benzene rings is 1. The van der Waals surface area contributed by atoms with Crippen molar-refractivity contribution in [3.8, 4) is 0 Å². The molecule has 0 amide bonds. The summed E-state index contributed by atoms with van der Waals surface area (Å²) in [4.78, 5) is 0.160. The minimum atomic E-state index is -3.57. The Labute approximate surface area is 111 Å². The Balaban J connectivity index is 2.09. The van der Waals surface area contributed by atoms with Crippen LogP contribution in [0.5, 0.6) is 0 Å². The molecule has 2 rings (SSSR count). The van der Waals surface area contributed by atoms with E-state index in [0.29, 0.717) is 11.3 Å². The summed E-state index contributed by atoms with van der Waals surface area (Å²) in [6.45, 7) is 1.79. The van der Waals surface area contributed by atoms with Gasteiger partial charge in [0.15, 0.2) is 0 Å². The van der Waals surface area contributed by atoms with Gasteiger partial charge in [0, 0.05) is 0 Å². The van der Waals surface area contributed by atoms with E-state index in [4.69, 9.17) is 9.52 Å². The van der Waals surface area contributed by atoms with Gasteiger partial charge in [-0.25, -0.2) is 13.1 Å². The third-order valence-electron chi connectivity index (χ3n) is 2.65. The summed E-state index contributed by atoms with van der Waals surface area (Å²) in [6, 6.07) is 9.58. The Morgan fingerprint density at radius 3 is 2.37 bits per heavy atom. The molecule has 0 radical (unpaired) electrons. The van der Waals surface area contributed by atoms with E-state index in [9.17, 15) is 8.42 Å². The number of furan rings is 1. The molecule has 19 heavy (non-hydrogen) atoms. The van der Waals surface area contributed by atoms with E-state index in [1.54, 1.807) is 31.2 Å². The van der Waals surface area contributed by atoms with Crippen LogP contribution in [0.2, 0.25) is 0 Å². The second-order valence-corrected chi connectivity index (χ2v) is 5.91. The second-order valence-electron chi connectivity index (χ2n) is 4.14. The molecule has 0 aliphatic heterocycles. The van der Waals surface area contributed by atoms with Gasteiger partial charge in [-0.05, 0) is 36.8 Å². The number of sulfonamides is 1. The van der Waals surface area contributed by atoms with E-state index in [-0.39, 0.29) is 18.0 Å². The minimum Gasteiger partial charge on any atom is -0.465 e. The van der Waals surface area contributed by atoms with Crippen LogP contribution in [0.15, 0.2) is 45.7 Å². The van der Waals surface area contributed by atoms with Gasteiger partial charge in [0.05, 0.1) is 18.0 Å². The van der Waals surface area contributed by atoms with E-state index >= 15 is 0 Å². The molecular weight excluding hydrogens is 266 g/mol. The van der Waals surface area contributed by atoms with Gasteiger partial charge >= 0.3 is 0 Å². The summed E-state index contributed by atoms with van der Waals surface area (Å²) in [6.07, 6.45) is 0. The zero-order valence-electron chi connectivity index (χ0n) is 10.5. The van der Waals surface area contributed by atoms with Gasteiger partial charge in [-0.1, -0.05) is 12.1 Å². The lowest BCUT2D eigenvalue weighted by molar-refractivity contribution is 0.282. The predicted molar refractivity (Wildman–Crippen MR) is 69.8 cm³/mol. The van der Waals surface area contributed by atoms with Gasteiger partial charge in [-0.3, -0.25) is 0 Å². The second kappa shape index (κ2) is 5.56. The molecular formula is C13H15NO4S. The highest BCUT2D eigenvalue weighted by Gasteiger charge is 2.14. The van der Waals surface area contributed by atoms with E-state index in [1.807, 2.05) is 0 Å². The quantitative estimate of drug-likeness (QED) is 0.871. The molecule has 5 nitrogen and oxygen atoms in total. The number of aliphatic hydroxyl groups excluding tert-OH is 1. The van der Waals surface area contributed by atoms with Crippen LogP contribution in [0.1, 0.15) is 17.1 Å². The molecule has 0 saturated carbocycles. The monoisotopic (exact) mass is 281 g/mol. The standard InChI is InChI=1S/C13H15NO4S/c1-10-2-5-12(18-10)8-14-19(16,17)13-6-3-11(9-15)4-7-13/h2-7,14-15H,8-9H2,1H3. The summed E-state index contributed by atoms with van der Waals surface area (Å²) in [5.41, 5.74) is 0.667. The zero-order valence-corrected chi connectivity index (χ0v) is 11.3. The van der Waals surface area contributed by atoms with Crippen molar-refractivity contribution < 1.29 is 17.9 Å². The molecule has 1 heterocycles. The lowest BCUT2D eigenvalue weighted by Gasteiger charge is -2.06. The lowest BCUT2D eigenvalue weighted by Crippen LogP contribution is -2.23. The summed E-state index contributed by atoms with van der Waals surface area (Å²) in [7, 11) is -3.57. The summed E-state index contributed by atoms with van der Waals surface area (Å²) < 4.78 is 31.7. The van der Waals surface area contributed by atoms with Crippen molar-refractivity contribution >= 4 is 10.0 Å². The van der Waals surface area contributed by atoms with Crippen molar-refractivity contribution in [1.82, 2.24) is 4.72 Å². The first-order valence-electron chi connectivity index (χ1n) is 5.76. The third-order valence-corrected chi connectivity index (χ3v) is 4.07. The van der Waals surface area contributed by atoms with Crippen LogP contribution in [-0.2, 0) is 23.2 Å². The fourth-order valence-electron chi connectivity index (χ4n) is 1.60.